The summed E-state index contributed by atoms with van der Waals surface area (Å²) in [7, 11) is 0. The van der Waals surface area contributed by atoms with E-state index in [0.717, 1.165) is 28.5 Å². The smallest absolute Gasteiger partial charge is 0.326 e. The molecule has 0 bridgehead atoms. The molecule has 0 aliphatic heterocycles. The van der Waals surface area contributed by atoms with Gasteiger partial charge in [-0.1, -0.05) is 48.5 Å². The van der Waals surface area contributed by atoms with Gasteiger partial charge in [-0.15, -0.1) is 0 Å². The van der Waals surface area contributed by atoms with E-state index >= 15 is 0 Å². The molecule has 0 heterocycles. The molecule has 138 valence electrons. The first-order valence-electron chi connectivity index (χ1n) is 8.37. The van der Waals surface area contributed by atoms with Gasteiger partial charge in [0.05, 0.1) is 6.42 Å². The van der Waals surface area contributed by atoms with Crippen LogP contribution in [-0.4, -0.2) is 23.0 Å². The number of halogens is 2. The third-order valence-electron chi connectivity index (χ3n) is 4.34. The average Bonchev–Trinajstić information content (AvgIpc) is 2.64. The highest BCUT2D eigenvalue weighted by Crippen LogP contribution is 2.20. The van der Waals surface area contributed by atoms with Crippen LogP contribution in [0.15, 0.2) is 60.7 Å². The summed E-state index contributed by atoms with van der Waals surface area (Å²) in [6, 6.07) is 15.1. The van der Waals surface area contributed by atoms with E-state index in [1.165, 1.54) is 6.07 Å². The van der Waals surface area contributed by atoms with Crippen molar-refractivity contribution in [3.05, 3.63) is 83.4 Å². The number of hydrogen-bond acceptors (Lipinski definition) is 2. The van der Waals surface area contributed by atoms with Crippen LogP contribution >= 0.6 is 0 Å². The Morgan fingerprint density at radius 3 is 2.26 bits per heavy atom. The summed E-state index contributed by atoms with van der Waals surface area (Å²) in [4.78, 5) is 23.8. The molecular weight excluding hydrogens is 352 g/mol. The number of carbonyl (C=O) groups excluding carboxylic acids is 1. The number of carboxylic acid groups (broad SMARTS) is 1. The van der Waals surface area contributed by atoms with Crippen molar-refractivity contribution in [1.29, 1.82) is 0 Å². The first kappa shape index (κ1) is 18.5. The Bertz CT molecular complexity index is 978. The van der Waals surface area contributed by atoms with Gasteiger partial charge in [-0.2, -0.15) is 0 Å². The second kappa shape index (κ2) is 7.95. The van der Waals surface area contributed by atoms with Crippen molar-refractivity contribution >= 4 is 22.6 Å². The van der Waals surface area contributed by atoms with Gasteiger partial charge in [-0.05, 0) is 28.5 Å². The maximum Gasteiger partial charge on any atom is 0.326 e. The minimum atomic E-state index is -1.22. The zero-order valence-corrected chi connectivity index (χ0v) is 14.3. The molecule has 3 aromatic carbocycles. The van der Waals surface area contributed by atoms with E-state index in [9.17, 15) is 23.5 Å². The molecule has 0 saturated carbocycles. The van der Waals surface area contributed by atoms with E-state index in [-0.39, 0.29) is 12.0 Å². The third-order valence-corrected chi connectivity index (χ3v) is 4.34. The summed E-state index contributed by atoms with van der Waals surface area (Å²) < 4.78 is 27.4. The lowest BCUT2D eigenvalue weighted by Gasteiger charge is -2.16. The number of carboxylic acids is 1. The molecule has 6 heteroatoms. The lowest BCUT2D eigenvalue weighted by atomic mass is 9.98. The van der Waals surface area contributed by atoms with Crippen LogP contribution in [0.1, 0.15) is 11.1 Å². The third kappa shape index (κ3) is 4.28. The Morgan fingerprint density at radius 1 is 0.926 bits per heavy atom. The molecule has 1 amide bonds. The predicted molar refractivity (Wildman–Crippen MR) is 97.3 cm³/mol. The van der Waals surface area contributed by atoms with E-state index in [2.05, 4.69) is 5.32 Å². The monoisotopic (exact) mass is 369 g/mol. The quantitative estimate of drug-likeness (QED) is 0.699. The molecule has 0 saturated heterocycles. The number of carbonyl (C=O) groups is 2. The van der Waals surface area contributed by atoms with E-state index in [1.807, 2.05) is 36.4 Å². The summed E-state index contributed by atoms with van der Waals surface area (Å²) in [5.41, 5.74) is 0.377. The number of rotatable bonds is 6. The van der Waals surface area contributed by atoms with Gasteiger partial charge in [0.2, 0.25) is 5.91 Å². The number of amides is 1. The average molecular weight is 369 g/mol. The zero-order valence-electron chi connectivity index (χ0n) is 14.3. The lowest BCUT2D eigenvalue weighted by Crippen LogP contribution is -2.43. The van der Waals surface area contributed by atoms with Crippen molar-refractivity contribution in [1.82, 2.24) is 5.32 Å². The van der Waals surface area contributed by atoms with Crippen LogP contribution in [0, 0.1) is 11.6 Å². The van der Waals surface area contributed by atoms with Gasteiger partial charge in [-0.3, -0.25) is 4.79 Å². The number of hydrogen-bond donors (Lipinski definition) is 2. The highest BCUT2D eigenvalue weighted by molar-refractivity contribution is 5.88. The fraction of sp³-hybridized carbons (Fsp3) is 0.143. The van der Waals surface area contributed by atoms with Crippen LogP contribution in [0.5, 0.6) is 0 Å². The predicted octanol–water partition coefficient (Wildman–Crippen LogP) is 3.47. The second-order valence-corrected chi connectivity index (χ2v) is 6.18. The Hall–Kier alpha value is -3.28. The lowest BCUT2D eigenvalue weighted by molar-refractivity contribution is -0.141. The van der Waals surface area contributed by atoms with Gasteiger partial charge in [-0.25, -0.2) is 13.6 Å². The van der Waals surface area contributed by atoms with Crippen LogP contribution in [-0.2, 0) is 22.4 Å². The molecule has 4 nitrogen and oxygen atoms in total. The van der Waals surface area contributed by atoms with Gasteiger partial charge < -0.3 is 10.4 Å². The fourth-order valence-electron chi connectivity index (χ4n) is 3.00. The summed E-state index contributed by atoms with van der Waals surface area (Å²) in [6.45, 7) is 0. The van der Waals surface area contributed by atoms with Crippen LogP contribution in [0.3, 0.4) is 0 Å². The van der Waals surface area contributed by atoms with Gasteiger partial charge in [0, 0.05) is 12.0 Å². The Labute approximate surface area is 154 Å². The van der Waals surface area contributed by atoms with Crippen LogP contribution in [0.4, 0.5) is 8.78 Å². The standard InChI is InChI=1S/C21H17F2NO3/c22-17-9-4-10-18(23)16(17)12-20(25)24-19(21(26)27)11-14-7-3-6-13-5-1-2-8-15(13)14/h1-10,19H,11-12H2,(H,24,25)(H,26,27)/t19-/m0/s1. The van der Waals surface area contributed by atoms with E-state index < -0.39 is 36.0 Å². The van der Waals surface area contributed by atoms with Crippen molar-refractivity contribution in [3.8, 4) is 0 Å². The Morgan fingerprint density at radius 2 is 1.56 bits per heavy atom. The van der Waals surface area contributed by atoms with E-state index in [1.54, 1.807) is 6.07 Å². The van der Waals surface area contributed by atoms with Crippen molar-refractivity contribution < 1.29 is 23.5 Å². The van der Waals surface area contributed by atoms with Crippen molar-refractivity contribution in [2.24, 2.45) is 0 Å². The molecule has 3 aromatic rings. The molecule has 0 spiro atoms. The summed E-state index contributed by atoms with van der Waals surface area (Å²) in [6.07, 6.45) is -0.514. The minimum Gasteiger partial charge on any atom is -0.480 e. The van der Waals surface area contributed by atoms with Crippen molar-refractivity contribution in [2.75, 3.05) is 0 Å². The molecule has 27 heavy (non-hydrogen) atoms. The SMILES string of the molecule is O=C(Cc1c(F)cccc1F)N[C@@H](Cc1cccc2ccccc12)C(=O)O. The fourth-order valence-corrected chi connectivity index (χ4v) is 3.00. The van der Waals surface area contributed by atoms with Crippen LogP contribution in [0.2, 0.25) is 0 Å². The van der Waals surface area contributed by atoms with Crippen LogP contribution < -0.4 is 5.32 Å². The number of fused-ring (bicyclic) bond motifs is 1. The zero-order chi connectivity index (χ0) is 19.4. The molecular formula is C21H17F2NO3. The molecule has 0 fully saturated rings. The van der Waals surface area contributed by atoms with Crippen LogP contribution in [0.25, 0.3) is 10.8 Å². The van der Waals surface area contributed by atoms with Crippen molar-refractivity contribution in [2.45, 2.75) is 18.9 Å². The van der Waals surface area contributed by atoms with Gasteiger partial charge in [0.25, 0.3) is 0 Å². The molecule has 1 atom stereocenters. The van der Waals surface area contributed by atoms with E-state index in [0.29, 0.717) is 0 Å². The first-order chi connectivity index (χ1) is 13.0. The first-order valence-corrected chi connectivity index (χ1v) is 8.37. The van der Waals surface area contributed by atoms with Gasteiger partial charge >= 0.3 is 5.97 Å². The van der Waals surface area contributed by atoms with Gasteiger partial charge in [0.1, 0.15) is 17.7 Å². The summed E-state index contributed by atoms with van der Waals surface area (Å²) in [5.74, 6) is -3.66. The largest absolute Gasteiger partial charge is 0.480 e. The minimum absolute atomic E-state index is 0.0577. The van der Waals surface area contributed by atoms with Crippen molar-refractivity contribution in [3.63, 3.8) is 0 Å². The summed E-state index contributed by atoms with van der Waals surface area (Å²) >= 11 is 0. The van der Waals surface area contributed by atoms with Gasteiger partial charge in [0.15, 0.2) is 0 Å². The number of benzene rings is 3. The highest BCUT2D eigenvalue weighted by atomic mass is 19.1. The molecule has 3 rings (SSSR count). The Balaban J connectivity index is 1.78. The molecule has 0 aliphatic rings. The Kier molecular flexibility index (Phi) is 5.45. The number of nitrogens with one attached hydrogen (secondary N) is 1. The molecule has 0 radical (unpaired) electrons. The molecule has 2 N–H and O–H groups in total. The molecule has 0 unspecified atom stereocenters. The van der Waals surface area contributed by atoms with E-state index in [4.69, 9.17) is 0 Å². The maximum atomic E-state index is 13.7. The molecule has 0 aromatic heterocycles. The number of aliphatic carboxylic acids is 1. The summed E-state index contributed by atoms with van der Waals surface area (Å²) in [5, 5.41) is 13.7. The topological polar surface area (TPSA) is 66.4 Å². The second-order valence-electron chi connectivity index (χ2n) is 6.18. The highest BCUT2D eigenvalue weighted by Gasteiger charge is 2.22. The maximum absolute atomic E-state index is 13.7. The normalized spacial score (nSPS) is 11.9. The molecule has 0 aliphatic carbocycles.